The molecule has 4 nitrogen and oxygen atoms in total. The van der Waals surface area contributed by atoms with Crippen LogP contribution in [0.1, 0.15) is 29.7 Å². The number of ether oxygens (including phenoxy) is 1. The topological polar surface area (TPSA) is 47.0 Å². The lowest BCUT2D eigenvalue weighted by Gasteiger charge is -2.20. The van der Waals surface area contributed by atoms with Gasteiger partial charge in [-0.1, -0.05) is 24.3 Å². The minimum absolute atomic E-state index is 0.0207. The summed E-state index contributed by atoms with van der Waals surface area (Å²) in [6.07, 6.45) is 2.39. The molecule has 1 aliphatic rings. The summed E-state index contributed by atoms with van der Waals surface area (Å²) in [5.74, 6) is 1.40. The Hall–Kier alpha value is -1.81. The Bertz CT molecular complexity index is 647. The van der Waals surface area contributed by atoms with Crippen molar-refractivity contribution in [3.05, 3.63) is 47.3 Å². The Morgan fingerprint density at radius 3 is 2.95 bits per heavy atom. The van der Waals surface area contributed by atoms with Crippen molar-refractivity contribution in [1.82, 2.24) is 9.97 Å². The molecule has 0 saturated carbocycles. The number of hydrogen-bond donors (Lipinski definition) is 1. The fraction of sp³-hybridized carbons (Fsp3) is 0.375. The number of hydrogen-bond acceptors (Lipinski definition) is 4. The minimum Gasteiger partial charge on any atom is -0.478 e. The summed E-state index contributed by atoms with van der Waals surface area (Å²) in [4.78, 5) is 8.49. The van der Waals surface area contributed by atoms with Crippen molar-refractivity contribution in [3.63, 3.8) is 0 Å². The van der Waals surface area contributed by atoms with Crippen LogP contribution in [0.25, 0.3) is 0 Å². The van der Waals surface area contributed by atoms with Crippen LogP contribution < -0.4 is 10.1 Å². The molecule has 3 rings (SSSR count). The lowest BCUT2D eigenvalue weighted by molar-refractivity contribution is 0.324. The van der Waals surface area contributed by atoms with Crippen molar-refractivity contribution in [3.8, 4) is 5.88 Å². The Labute approximate surface area is 129 Å². The standard InChI is InChI=1S/C16H18ClN3O/c1-3-21-16-10(2)15(18-9-19-16)20-14-12-7-5-4-6-11(12)8-13(14)17/h4-7,9,13-14H,3,8H2,1-2H3,(H,18,19,20). The molecule has 0 fully saturated rings. The third-order valence-electron chi connectivity index (χ3n) is 3.78. The highest BCUT2D eigenvalue weighted by Gasteiger charge is 2.31. The van der Waals surface area contributed by atoms with Crippen LogP contribution in [-0.4, -0.2) is 22.0 Å². The SMILES string of the molecule is CCOc1ncnc(NC2c3ccccc3CC2Cl)c1C. The number of halogens is 1. The second kappa shape index (κ2) is 5.90. The number of aromatic nitrogens is 2. The van der Waals surface area contributed by atoms with Gasteiger partial charge < -0.3 is 10.1 Å². The molecule has 2 atom stereocenters. The highest BCUT2D eigenvalue weighted by atomic mass is 35.5. The summed E-state index contributed by atoms with van der Waals surface area (Å²) in [7, 11) is 0. The summed E-state index contributed by atoms with van der Waals surface area (Å²) in [6, 6.07) is 8.40. The van der Waals surface area contributed by atoms with Crippen LogP contribution in [0.15, 0.2) is 30.6 Å². The van der Waals surface area contributed by atoms with E-state index in [1.807, 2.05) is 26.0 Å². The van der Waals surface area contributed by atoms with Gasteiger partial charge in [0, 0.05) is 0 Å². The van der Waals surface area contributed by atoms with E-state index < -0.39 is 0 Å². The Kier molecular flexibility index (Phi) is 3.97. The molecular weight excluding hydrogens is 286 g/mol. The first-order valence-corrected chi connectivity index (χ1v) is 7.57. The van der Waals surface area contributed by atoms with Crippen LogP contribution in [0.5, 0.6) is 5.88 Å². The molecule has 5 heteroatoms. The van der Waals surface area contributed by atoms with Gasteiger partial charge in [-0.15, -0.1) is 11.6 Å². The Morgan fingerprint density at radius 2 is 2.14 bits per heavy atom. The van der Waals surface area contributed by atoms with Crippen molar-refractivity contribution < 1.29 is 4.74 Å². The summed E-state index contributed by atoms with van der Waals surface area (Å²) in [5.41, 5.74) is 3.45. The lowest BCUT2D eigenvalue weighted by atomic mass is 10.1. The van der Waals surface area contributed by atoms with E-state index in [9.17, 15) is 0 Å². The zero-order valence-electron chi connectivity index (χ0n) is 12.1. The monoisotopic (exact) mass is 303 g/mol. The molecule has 1 aromatic heterocycles. The van der Waals surface area contributed by atoms with E-state index in [-0.39, 0.29) is 11.4 Å². The van der Waals surface area contributed by atoms with Crippen molar-refractivity contribution in [1.29, 1.82) is 0 Å². The second-order valence-electron chi connectivity index (χ2n) is 5.13. The minimum atomic E-state index is 0.0207. The smallest absolute Gasteiger partial charge is 0.221 e. The van der Waals surface area contributed by atoms with Gasteiger partial charge in [0.05, 0.1) is 23.6 Å². The van der Waals surface area contributed by atoms with Gasteiger partial charge >= 0.3 is 0 Å². The molecule has 1 aliphatic carbocycles. The van der Waals surface area contributed by atoms with Crippen LogP contribution in [0.4, 0.5) is 5.82 Å². The Morgan fingerprint density at radius 1 is 1.33 bits per heavy atom. The van der Waals surface area contributed by atoms with E-state index >= 15 is 0 Å². The summed E-state index contributed by atoms with van der Waals surface area (Å²) in [6.45, 7) is 4.48. The molecule has 21 heavy (non-hydrogen) atoms. The number of alkyl halides is 1. The van der Waals surface area contributed by atoms with Crippen molar-refractivity contribution >= 4 is 17.4 Å². The molecule has 0 aliphatic heterocycles. The maximum Gasteiger partial charge on any atom is 0.221 e. The van der Waals surface area contributed by atoms with E-state index in [0.29, 0.717) is 12.5 Å². The first-order valence-electron chi connectivity index (χ1n) is 7.13. The lowest BCUT2D eigenvalue weighted by Crippen LogP contribution is -2.18. The largest absolute Gasteiger partial charge is 0.478 e. The van der Waals surface area contributed by atoms with Gasteiger partial charge in [-0.3, -0.25) is 0 Å². The van der Waals surface area contributed by atoms with Crippen LogP contribution in [0, 0.1) is 6.92 Å². The van der Waals surface area contributed by atoms with Crippen molar-refractivity contribution in [2.75, 3.05) is 11.9 Å². The summed E-state index contributed by atoms with van der Waals surface area (Å²) < 4.78 is 5.51. The normalized spacial score (nSPS) is 20.1. The first-order chi connectivity index (χ1) is 10.2. The molecule has 110 valence electrons. The van der Waals surface area contributed by atoms with E-state index in [1.165, 1.54) is 17.5 Å². The molecule has 0 radical (unpaired) electrons. The number of rotatable bonds is 4. The number of nitrogens with zero attached hydrogens (tertiary/aromatic N) is 2. The van der Waals surface area contributed by atoms with Gasteiger partial charge in [-0.2, -0.15) is 0 Å². The second-order valence-corrected chi connectivity index (χ2v) is 5.69. The van der Waals surface area contributed by atoms with E-state index in [1.54, 1.807) is 0 Å². The zero-order chi connectivity index (χ0) is 14.8. The fourth-order valence-electron chi connectivity index (χ4n) is 2.72. The number of benzene rings is 1. The van der Waals surface area contributed by atoms with Gasteiger partial charge in [-0.25, -0.2) is 9.97 Å². The number of anilines is 1. The summed E-state index contributed by atoms with van der Waals surface area (Å²) >= 11 is 6.51. The van der Waals surface area contributed by atoms with E-state index in [2.05, 4.69) is 27.4 Å². The fourth-order valence-corrected chi connectivity index (χ4v) is 3.09. The maximum absolute atomic E-state index is 6.51. The van der Waals surface area contributed by atoms with Gasteiger partial charge in [0.2, 0.25) is 5.88 Å². The van der Waals surface area contributed by atoms with Gasteiger partial charge in [-0.05, 0) is 31.4 Å². The number of nitrogens with one attached hydrogen (secondary N) is 1. The molecular formula is C16H18ClN3O. The molecule has 1 N–H and O–H groups in total. The van der Waals surface area contributed by atoms with Crippen LogP contribution >= 0.6 is 11.6 Å². The molecule has 2 aromatic rings. The third-order valence-corrected chi connectivity index (χ3v) is 4.18. The van der Waals surface area contributed by atoms with Gasteiger partial charge in [0.25, 0.3) is 0 Å². The van der Waals surface area contributed by atoms with Gasteiger partial charge in [0.15, 0.2) is 0 Å². The van der Waals surface area contributed by atoms with E-state index in [0.717, 1.165) is 17.8 Å². The van der Waals surface area contributed by atoms with Crippen LogP contribution in [0.2, 0.25) is 0 Å². The molecule has 1 aromatic carbocycles. The molecule has 1 heterocycles. The quantitative estimate of drug-likeness (QED) is 0.878. The predicted octanol–water partition coefficient (Wildman–Crippen LogP) is 3.50. The zero-order valence-corrected chi connectivity index (χ0v) is 12.9. The highest BCUT2D eigenvalue weighted by Crippen LogP contribution is 2.37. The van der Waals surface area contributed by atoms with Crippen LogP contribution in [0.3, 0.4) is 0 Å². The Balaban J connectivity index is 1.89. The van der Waals surface area contributed by atoms with Crippen molar-refractivity contribution in [2.45, 2.75) is 31.7 Å². The summed E-state index contributed by atoms with van der Waals surface area (Å²) in [5, 5.41) is 3.47. The number of fused-ring (bicyclic) bond motifs is 1. The first kappa shape index (κ1) is 14.1. The highest BCUT2D eigenvalue weighted by molar-refractivity contribution is 6.21. The van der Waals surface area contributed by atoms with Crippen molar-refractivity contribution in [2.24, 2.45) is 0 Å². The molecule has 0 bridgehead atoms. The average Bonchev–Trinajstić information content (AvgIpc) is 2.80. The average molecular weight is 304 g/mol. The maximum atomic E-state index is 6.51. The van der Waals surface area contributed by atoms with E-state index in [4.69, 9.17) is 16.3 Å². The molecule has 0 spiro atoms. The molecule has 0 amide bonds. The molecule has 0 saturated heterocycles. The van der Waals surface area contributed by atoms with Gasteiger partial charge in [0.1, 0.15) is 12.1 Å². The molecule has 2 unspecified atom stereocenters. The third kappa shape index (κ3) is 2.68. The predicted molar refractivity (Wildman–Crippen MR) is 84.1 cm³/mol. The van der Waals surface area contributed by atoms with Crippen LogP contribution in [-0.2, 0) is 6.42 Å².